The maximum Gasteiger partial charge on any atom is 0.207 e. The summed E-state index contributed by atoms with van der Waals surface area (Å²) in [6, 6.07) is 0.253. The molecular formula is C18H27N3O. The molecule has 1 N–H and O–H groups in total. The van der Waals surface area contributed by atoms with Crippen LogP contribution in [0.1, 0.15) is 51.8 Å². The maximum absolute atomic E-state index is 10.7. The van der Waals surface area contributed by atoms with Crippen LogP contribution in [0, 0.1) is 0 Å². The molecule has 0 spiro atoms. The molecule has 0 aliphatic heterocycles. The van der Waals surface area contributed by atoms with Gasteiger partial charge < -0.3 is 9.88 Å². The lowest BCUT2D eigenvalue weighted by Crippen LogP contribution is -2.29. The monoisotopic (exact) mass is 301 g/mol. The molecule has 0 aromatic carbocycles. The van der Waals surface area contributed by atoms with E-state index in [0.29, 0.717) is 0 Å². The summed E-state index contributed by atoms with van der Waals surface area (Å²) in [5.41, 5.74) is 1.27. The number of unbranched alkanes of at least 4 members (excludes halogenated alkanes) is 1. The number of hydrogen-bond acceptors (Lipinski definition) is 2. The highest BCUT2D eigenvalue weighted by Crippen LogP contribution is 2.08. The topological polar surface area (TPSA) is 46.9 Å². The van der Waals surface area contributed by atoms with Crippen molar-refractivity contribution in [3.63, 3.8) is 0 Å². The molecule has 2 rings (SSSR count). The van der Waals surface area contributed by atoms with Gasteiger partial charge in [0.05, 0.1) is 10.7 Å². The minimum Gasteiger partial charge on any atom is -0.356 e. The van der Waals surface area contributed by atoms with Gasteiger partial charge in [-0.2, -0.15) is 0 Å². The quantitative estimate of drug-likeness (QED) is 0.741. The van der Waals surface area contributed by atoms with Gasteiger partial charge in [0.15, 0.2) is 0 Å². The highest BCUT2D eigenvalue weighted by molar-refractivity contribution is 5.48. The van der Waals surface area contributed by atoms with Gasteiger partial charge >= 0.3 is 0 Å². The number of amides is 1. The number of carbonyl (C=O) groups excluding carboxylic acids is 1. The van der Waals surface area contributed by atoms with Crippen molar-refractivity contribution in [2.45, 2.75) is 58.4 Å². The van der Waals surface area contributed by atoms with E-state index in [4.69, 9.17) is 4.98 Å². The first-order valence-electron chi connectivity index (χ1n) is 8.25. The van der Waals surface area contributed by atoms with E-state index < -0.39 is 0 Å². The number of hydrogen-bond donors (Lipinski definition) is 1. The first kappa shape index (κ1) is 16.5. The summed E-state index contributed by atoms with van der Waals surface area (Å²) in [6.07, 6.45) is 13.6. The Morgan fingerprint density at radius 2 is 2.23 bits per heavy atom. The summed E-state index contributed by atoms with van der Waals surface area (Å²) in [5.74, 6) is 1.10. The average molecular weight is 301 g/mol. The number of aryl methyl sites for hydroxylation is 1. The molecule has 4 nitrogen and oxygen atoms in total. The minimum atomic E-state index is 0.253. The molecule has 4 heteroatoms. The summed E-state index contributed by atoms with van der Waals surface area (Å²) in [5, 5.41) is 5.22. The lowest BCUT2D eigenvalue weighted by atomic mass is 10.0. The van der Waals surface area contributed by atoms with E-state index in [1.165, 1.54) is 10.9 Å². The van der Waals surface area contributed by atoms with Crippen LogP contribution in [0.25, 0.3) is 12.2 Å². The Morgan fingerprint density at radius 3 is 2.95 bits per heavy atom. The van der Waals surface area contributed by atoms with Gasteiger partial charge in [-0.05, 0) is 32.3 Å². The maximum atomic E-state index is 10.7. The number of nitrogens with one attached hydrogen (secondary N) is 1. The van der Waals surface area contributed by atoms with E-state index in [-0.39, 0.29) is 6.04 Å². The van der Waals surface area contributed by atoms with Crippen molar-refractivity contribution in [1.29, 1.82) is 0 Å². The Bertz CT molecular complexity index is 655. The fourth-order valence-corrected chi connectivity index (χ4v) is 2.95. The largest absolute Gasteiger partial charge is 0.356 e. The van der Waals surface area contributed by atoms with Crippen molar-refractivity contribution in [2.24, 2.45) is 7.05 Å². The first-order valence-corrected chi connectivity index (χ1v) is 8.25. The molecule has 1 aliphatic carbocycles. The van der Waals surface area contributed by atoms with Crippen molar-refractivity contribution < 1.29 is 4.79 Å². The summed E-state index contributed by atoms with van der Waals surface area (Å²) in [7, 11) is 2.08. The van der Waals surface area contributed by atoms with Crippen LogP contribution in [-0.4, -0.2) is 22.0 Å². The Labute approximate surface area is 132 Å². The molecule has 1 unspecified atom stereocenters. The van der Waals surface area contributed by atoms with Gasteiger partial charge in [0.1, 0.15) is 5.82 Å². The lowest BCUT2D eigenvalue weighted by Gasteiger charge is -2.15. The fraction of sp³-hybridized carbons (Fsp3) is 0.556. The molecule has 0 radical (unpaired) electrons. The van der Waals surface area contributed by atoms with E-state index in [0.717, 1.165) is 56.1 Å². The normalized spacial score (nSPS) is 15.0. The zero-order chi connectivity index (χ0) is 15.9. The molecule has 0 bridgehead atoms. The van der Waals surface area contributed by atoms with Crippen LogP contribution >= 0.6 is 0 Å². The highest BCUT2D eigenvalue weighted by Gasteiger charge is 2.11. The SMILES string of the molecule is CCCCC(CCc1nc2c(n1C)=CCC=C(C)C=2)NC=O. The van der Waals surface area contributed by atoms with Crippen molar-refractivity contribution in [2.75, 3.05) is 0 Å². The smallest absolute Gasteiger partial charge is 0.207 e. The van der Waals surface area contributed by atoms with Gasteiger partial charge in [0.25, 0.3) is 0 Å². The Balaban J connectivity index is 2.12. The van der Waals surface area contributed by atoms with Crippen LogP contribution in [-0.2, 0) is 18.3 Å². The zero-order valence-electron chi connectivity index (χ0n) is 13.9. The third kappa shape index (κ3) is 4.09. The molecule has 1 amide bonds. The van der Waals surface area contributed by atoms with Crippen LogP contribution in [0.4, 0.5) is 0 Å². The van der Waals surface area contributed by atoms with E-state index in [1.807, 2.05) is 0 Å². The van der Waals surface area contributed by atoms with E-state index in [9.17, 15) is 4.79 Å². The molecule has 0 saturated carbocycles. The Morgan fingerprint density at radius 1 is 1.41 bits per heavy atom. The van der Waals surface area contributed by atoms with E-state index in [1.54, 1.807) is 0 Å². The second-order valence-corrected chi connectivity index (χ2v) is 6.05. The first-order chi connectivity index (χ1) is 10.7. The lowest BCUT2D eigenvalue weighted by molar-refractivity contribution is -0.110. The summed E-state index contributed by atoms with van der Waals surface area (Å²) in [6.45, 7) is 4.29. The Hall–Kier alpha value is -1.84. The van der Waals surface area contributed by atoms with E-state index in [2.05, 4.69) is 49.0 Å². The van der Waals surface area contributed by atoms with Crippen molar-refractivity contribution in [3.8, 4) is 0 Å². The van der Waals surface area contributed by atoms with Gasteiger partial charge in [-0.25, -0.2) is 4.98 Å². The molecule has 1 aromatic heterocycles. The third-order valence-electron chi connectivity index (χ3n) is 4.30. The van der Waals surface area contributed by atoms with Gasteiger partial charge in [-0.1, -0.05) is 37.5 Å². The second-order valence-electron chi connectivity index (χ2n) is 6.05. The molecule has 22 heavy (non-hydrogen) atoms. The molecule has 1 aliphatic rings. The second kappa shape index (κ2) is 7.97. The van der Waals surface area contributed by atoms with Crippen LogP contribution in [0.5, 0.6) is 0 Å². The Kier molecular flexibility index (Phi) is 5.99. The van der Waals surface area contributed by atoms with E-state index >= 15 is 0 Å². The summed E-state index contributed by atoms with van der Waals surface area (Å²) >= 11 is 0. The predicted octanol–water partition coefficient (Wildman–Crippen LogP) is 1.57. The van der Waals surface area contributed by atoms with Crippen LogP contribution < -0.4 is 16.0 Å². The number of fused-ring (bicyclic) bond motifs is 1. The molecule has 0 saturated heterocycles. The number of aromatic nitrogens is 2. The third-order valence-corrected chi connectivity index (χ3v) is 4.30. The average Bonchev–Trinajstić information content (AvgIpc) is 2.67. The predicted molar refractivity (Wildman–Crippen MR) is 90.6 cm³/mol. The van der Waals surface area contributed by atoms with Gasteiger partial charge in [0.2, 0.25) is 6.41 Å². The fourth-order valence-electron chi connectivity index (χ4n) is 2.95. The number of rotatable bonds is 8. The molecule has 120 valence electrons. The summed E-state index contributed by atoms with van der Waals surface area (Å²) in [4.78, 5) is 15.5. The van der Waals surface area contributed by atoms with Crippen molar-refractivity contribution in [1.82, 2.24) is 14.9 Å². The number of nitrogens with zero attached hydrogens (tertiary/aromatic N) is 2. The van der Waals surface area contributed by atoms with Crippen LogP contribution in [0.3, 0.4) is 0 Å². The van der Waals surface area contributed by atoms with Crippen LogP contribution in [0.2, 0.25) is 0 Å². The van der Waals surface area contributed by atoms with Crippen molar-refractivity contribution >= 4 is 18.6 Å². The highest BCUT2D eigenvalue weighted by atomic mass is 16.1. The molecule has 1 heterocycles. The zero-order valence-corrected chi connectivity index (χ0v) is 13.9. The van der Waals surface area contributed by atoms with Crippen LogP contribution in [0.15, 0.2) is 11.6 Å². The standard InChI is InChI=1S/C18H27N3O/c1-4-5-8-15(19-13-22)10-11-18-20-16-12-14(2)7-6-9-17(16)21(18)3/h7,9,12-13,15H,4-6,8,10-11H2,1-3H3,(H,19,22). The van der Waals surface area contributed by atoms with Gasteiger partial charge in [0, 0.05) is 19.5 Å². The molecular weight excluding hydrogens is 274 g/mol. The number of allylic oxidation sites excluding steroid dienone is 2. The van der Waals surface area contributed by atoms with Gasteiger partial charge in [-0.3, -0.25) is 4.79 Å². The van der Waals surface area contributed by atoms with Crippen molar-refractivity contribution in [3.05, 3.63) is 28.2 Å². The molecule has 1 aromatic rings. The summed E-state index contributed by atoms with van der Waals surface area (Å²) < 4.78 is 2.19. The van der Waals surface area contributed by atoms with Gasteiger partial charge in [-0.15, -0.1) is 0 Å². The minimum absolute atomic E-state index is 0.253. The number of carbonyl (C=O) groups is 1. The molecule has 1 atom stereocenters. The molecule has 0 fully saturated rings. The number of imidazole rings is 1.